The van der Waals surface area contributed by atoms with Gasteiger partial charge in [0.25, 0.3) is 10.0 Å². The first-order valence-electron chi connectivity index (χ1n) is 5.68. The molecule has 1 aliphatic carbocycles. The summed E-state index contributed by atoms with van der Waals surface area (Å²) in [6, 6.07) is 2.14. The average Bonchev–Trinajstić information content (AvgIpc) is 2.98. The van der Waals surface area contributed by atoms with Crippen molar-refractivity contribution in [3.63, 3.8) is 0 Å². The third kappa shape index (κ3) is 2.28. The minimum atomic E-state index is -3.82. The fourth-order valence-corrected chi connectivity index (χ4v) is 3.08. The summed E-state index contributed by atoms with van der Waals surface area (Å²) in [6.07, 6.45) is 1.83. The molecule has 8 heteroatoms. The van der Waals surface area contributed by atoms with Crippen LogP contribution in [0, 0.1) is 5.82 Å². The lowest BCUT2D eigenvalue weighted by molar-refractivity contribution is 0.586. The molecule has 5 nitrogen and oxygen atoms in total. The van der Waals surface area contributed by atoms with Crippen molar-refractivity contribution in [3.8, 4) is 0 Å². The van der Waals surface area contributed by atoms with E-state index in [1.165, 1.54) is 6.07 Å². The van der Waals surface area contributed by atoms with E-state index < -0.39 is 15.8 Å². The quantitative estimate of drug-likeness (QED) is 0.834. The number of rotatable bonds is 1. The molecular formula is C11H11ClFN3O2S. The van der Waals surface area contributed by atoms with Gasteiger partial charge in [-0.25, -0.2) is 22.5 Å². The Morgan fingerprint density at radius 1 is 1.42 bits per heavy atom. The van der Waals surface area contributed by atoms with Crippen LogP contribution in [0.15, 0.2) is 22.0 Å². The highest BCUT2D eigenvalue weighted by molar-refractivity contribution is 7.90. The number of aliphatic imine (C=N–C) groups is 1. The number of benzene rings is 1. The summed E-state index contributed by atoms with van der Waals surface area (Å²) in [5.41, 5.74) is 0.0137. The van der Waals surface area contributed by atoms with E-state index in [1.54, 1.807) is 0 Å². The van der Waals surface area contributed by atoms with Gasteiger partial charge in [0, 0.05) is 0 Å². The second kappa shape index (κ2) is 3.83. The van der Waals surface area contributed by atoms with Crippen LogP contribution in [0.1, 0.15) is 19.8 Å². The van der Waals surface area contributed by atoms with Crippen LogP contribution < -0.4 is 10.0 Å². The van der Waals surface area contributed by atoms with Gasteiger partial charge < -0.3 is 5.32 Å². The Labute approximate surface area is 114 Å². The molecule has 1 aliphatic heterocycles. The maximum absolute atomic E-state index is 13.3. The predicted octanol–water partition coefficient (Wildman–Crippen LogP) is 2.09. The molecule has 3 rings (SSSR count). The van der Waals surface area contributed by atoms with Crippen LogP contribution in [0.2, 0.25) is 5.02 Å². The lowest BCUT2D eigenvalue weighted by atomic mass is 10.3. The molecule has 0 bridgehead atoms. The third-order valence-corrected chi connectivity index (χ3v) is 4.82. The maximum atomic E-state index is 13.3. The number of nitrogens with one attached hydrogen (secondary N) is 2. The lowest BCUT2D eigenvalue weighted by Gasteiger charge is -2.22. The number of nitrogens with zero attached hydrogens (tertiary/aromatic N) is 1. The fraction of sp³-hybridized carbons (Fsp3) is 0.364. The van der Waals surface area contributed by atoms with E-state index >= 15 is 0 Å². The molecule has 1 fully saturated rings. The molecular weight excluding hydrogens is 293 g/mol. The number of fused-ring (bicyclic) bond motifs is 1. The summed E-state index contributed by atoms with van der Waals surface area (Å²) in [5, 5.41) is 2.69. The molecule has 1 aromatic rings. The number of sulfonamides is 1. The summed E-state index contributed by atoms with van der Waals surface area (Å²) < 4.78 is 39.7. The van der Waals surface area contributed by atoms with Gasteiger partial charge in [0.05, 0.1) is 16.2 Å². The first-order valence-corrected chi connectivity index (χ1v) is 7.54. The SMILES string of the molecule is CC1(N=C2Nc3cc(Cl)c(F)cc3S(=O)(=O)N2)CC1. The summed E-state index contributed by atoms with van der Waals surface area (Å²) >= 11 is 5.66. The topological polar surface area (TPSA) is 70.6 Å². The molecule has 0 saturated heterocycles. The fourth-order valence-electron chi connectivity index (χ4n) is 1.80. The Balaban J connectivity index is 2.09. The van der Waals surface area contributed by atoms with Gasteiger partial charge in [0.2, 0.25) is 5.96 Å². The molecule has 0 aromatic heterocycles. The van der Waals surface area contributed by atoms with Crippen LogP contribution in [0.5, 0.6) is 0 Å². The van der Waals surface area contributed by atoms with Crippen molar-refractivity contribution in [2.45, 2.75) is 30.2 Å². The molecule has 0 unspecified atom stereocenters. The zero-order valence-corrected chi connectivity index (χ0v) is 11.6. The molecule has 1 aromatic carbocycles. The first-order chi connectivity index (χ1) is 8.79. The van der Waals surface area contributed by atoms with Gasteiger partial charge >= 0.3 is 0 Å². The minimum absolute atomic E-state index is 0.139. The number of anilines is 1. The van der Waals surface area contributed by atoms with Gasteiger partial charge in [-0.3, -0.25) is 0 Å². The van der Waals surface area contributed by atoms with E-state index in [4.69, 9.17) is 11.6 Å². The van der Waals surface area contributed by atoms with Crippen LogP contribution in [-0.4, -0.2) is 19.9 Å². The minimum Gasteiger partial charge on any atom is -0.324 e. The summed E-state index contributed by atoms with van der Waals surface area (Å²) in [4.78, 5) is 4.13. The summed E-state index contributed by atoms with van der Waals surface area (Å²) in [6.45, 7) is 1.93. The monoisotopic (exact) mass is 303 g/mol. The van der Waals surface area contributed by atoms with Gasteiger partial charge in [-0.15, -0.1) is 0 Å². The van der Waals surface area contributed by atoms with Crippen molar-refractivity contribution >= 4 is 33.3 Å². The maximum Gasteiger partial charge on any atom is 0.266 e. The summed E-state index contributed by atoms with van der Waals surface area (Å²) in [7, 11) is -3.82. The van der Waals surface area contributed by atoms with Crippen molar-refractivity contribution in [2.75, 3.05) is 5.32 Å². The van der Waals surface area contributed by atoms with Crippen molar-refractivity contribution in [3.05, 3.63) is 23.0 Å². The van der Waals surface area contributed by atoms with Crippen molar-refractivity contribution in [1.29, 1.82) is 0 Å². The predicted molar refractivity (Wildman–Crippen MR) is 70.4 cm³/mol. The highest BCUT2D eigenvalue weighted by Crippen LogP contribution is 2.39. The smallest absolute Gasteiger partial charge is 0.266 e. The Bertz CT molecular complexity index is 698. The molecule has 102 valence electrons. The van der Waals surface area contributed by atoms with Crippen molar-refractivity contribution in [2.24, 2.45) is 4.99 Å². The molecule has 0 radical (unpaired) electrons. The molecule has 1 heterocycles. The van der Waals surface area contributed by atoms with Gasteiger partial charge in [-0.1, -0.05) is 11.6 Å². The van der Waals surface area contributed by atoms with Crippen LogP contribution in [0.4, 0.5) is 10.1 Å². The van der Waals surface area contributed by atoms with Crippen molar-refractivity contribution in [1.82, 2.24) is 4.72 Å². The van der Waals surface area contributed by atoms with Gasteiger partial charge in [0.15, 0.2) is 0 Å². The zero-order chi connectivity index (χ0) is 13.8. The van der Waals surface area contributed by atoms with E-state index in [0.717, 1.165) is 18.9 Å². The highest BCUT2D eigenvalue weighted by Gasteiger charge is 2.39. The molecule has 0 spiro atoms. The lowest BCUT2D eigenvalue weighted by Crippen LogP contribution is -2.41. The molecule has 19 heavy (non-hydrogen) atoms. The number of hydrogen-bond donors (Lipinski definition) is 2. The van der Waals surface area contributed by atoms with E-state index in [-0.39, 0.29) is 27.1 Å². The van der Waals surface area contributed by atoms with E-state index in [9.17, 15) is 12.8 Å². The number of guanidine groups is 1. The second-order valence-electron chi connectivity index (χ2n) is 4.95. The van der Waals surface area contributed by atoms with Crippen molar-refractivity contribution < 1.29 is 12.8 Å². The normalized spacial score (nSPS) is 24.3. The van der Waals surface area contributed by atoms with Gasteiger partial charge in [0.1, 0.15) is 10.7 Å². The zero-order valence-electron chi connectivity index (χ0n) is 10.00. The van der Waals surface area contributed by atoms with Crippen LogP contribution >= 0.6 is 11.6 Å². The van der Waals surface area contributed by atoms with E-state index in [2.05, 4.69) is 15.0 Å². The van der Waals surface area contributed by atoms with Crippen LogP contribution in [-0.2, 0) is 10.0 Å². The largest absolute Gasteiger partial charge is 0.324 e. The molecule has 2 N–H and O–H groups in total. The summed E-state index contributed by atoms with van der Waals surface area (Å²) in [5.74, 6) is -0.627. The van der Waals surface area contributed by atoms with E-state index in [0.29, 0.717) is 0 Å². The molecule has 2 aliphatic rings. The average molecular weight is 304 g/mol. The Kier molecular flexibility index (Phi) is 2.56. The number of hydrogen-bond acceptors (Lipinski definition) is 3. The third-order valence-electron chi connectivity index (χ3n) is 3.15. The highest BCUT2D eigenvalue weighted by atomic mass is 35.5. The van der Waals surface area contributed by atoms with Gasteiger partial charge in [-0.05, 0) is 31.9 Å². The van der Waals surface area contributed by atoms with Crippen LogP contribution in [0.25, 0.3) is 0 Å². The Morgan fingerprint density at radius 3 is 2.74 bits per heavy atom. The number of halogens is 2. The first kappa shape index (κ1) is 12.7. The van der Waals surface area contributed by atoms with Gasteiger partial charge in [-0.2, -0.15) is 0 Å². The van der Waals surface area contributed by atoms with Crippen LogP contribution in [0.3, 0.4) is 0 Å². The second-order valence-corrected chi connectivity index (χ2v) is 7.01. The van der Waals surface area contributed by atoms with E-state index in [1.807, 2.05) is 6.92 Å². The Hall–Kier alpha value is -1.34. The molecule has 1 saturated carbocycles. The molecule has 0 atom stereocenters. The molecule has 0 amide bonds. The standard InChI is InChI=1S/C11H11ClFN3O2S/c1-11(2-3-11)15-10-14-8-4-6(12)7(13)5-9(8)19(17,18)16-10/h4-5H,2-3H2,1H3,(H2,14,15,16). The Morgan fingerprint density at radius 2 is 2.11 bits per heavy atom.